The second-order valence-electron chi connectivity index (χ2n) is 5.42. The van der Waals surface area contributed by atoms with Crippen LogP contribution in [0.5, 0.6) is 11.5 Å². The third-order valence-electron chi connectivity index (χ3n) is 3.43. The molecule has 0 aliphatic rings. The smallest absolute Gasteiger partial charge is 0.407 e. The van der Waals surface area contributed by atoms with E-state index >= 15 is 0 Å². The largest absolute Gasteiger partial charge is 0.504 e. The maximum Gasteiger partial charge on any atom is 0.407 e. The van der Waals surface area contributed by atoms with Crippen molar-refractivity contribution < 1.29 is 19.4 Å². The van der Waals surface area contributed by atoms with Gasteiger partial charge in [0.05, 0.1) is 6.61 Å². The molecule has 0 saturated heterocycles. The van der Waals surface area contributed by atoms with Crippen LogP contribution in [-0.4, -0.2) is 17.8 Å². The number of benzene rings is 2. The number of carbonyl (C=O) groups excluding carboxylic acids is 1. The highest BCUT2D eigenvalue weighted by Gasteiger charge is 2.06. The van der Waals surface area contributed by atoms with Crippen molar-refractivity contribution in [2.45, 2.75) is 32.9 Å². The Morgan fingerprint density at radius 1 is 1.12 bits per heavy atom. The molecule has 2 aromatic carbocycles. The molecule has 5 heteroatoms. The van der Waals surface area contributed by atoms with E-state index < -0.39 is 6.09 Å². The molecule has 128 valence electrons. The van der Waals surface area contributed by atoms with E-state index in [2.05, 4.69) is 5.32 Å². The fourth-order valence-electron chi connectivity index (χ4n) is 2.06. The first kappa shape index (κ1) is 17.7. The fraction of sp³-hybridized carbons (Fsp3) is 0.316. The molecule has 24 heavy (non-hydrogen) atoms. The number of rotatable bonds is 8. The lowest BCUT2D eigenvalue weighted by Gasteiger charge is -2.10. The number of amides is 1. The minimum atomic E-state index is -0.452. The topological polar surface area (TPSA) is 67.8 Å². The van der Waals surface area contributed by atoms with Crippen LogP contribution in [0.3, 0.4) is 0 Å². The number of hydrogen-bond acceptors (Lipinski definition) is 4. The molecule has 0 bridgehead atoms. The molecule has 5 nitrogen and oxygen atoms in total. The molecule has 1 amide bonds. The van der Waals surface area contributed by atoms with Crippen molar-refractivity contribution in [2.75, 3.05) is 6.61 Å². The molecule has 0 radical (unpaired) electrons. The summed E-state index contributed by atoms with van der Waals surface area (Å²) < 4.78 is 10.6. The first-order valence-corrected chi connectivity index (χ1v) is 8.08. The lowest BCUT2D eigenvalue weighted by molar-refractivity contribution is 0.144. The molecule has 0 unspecified atom stereocenters. The Kier molecular flexibility index (Phi) is 6.95. The van der Waals surface area contributed by atoms with Gasteiger partial charge in [0.25, 0.3) is 0 Å². The molecule has 2 N–H and O–H groups in total. The van der Waals surface area contributed by atoms with Crippen molar-refractivity contribution in [1.82, 2.24) is 5.32 Å². The molecule has 0 aliphatic carbocycles. The molecular weight excluding hydrogens is 306 g/mol. The van der Waals surface area contributed by atoms with Crippen LogP contribution in [0.1, 0.15) is 30.9 Å². The monoisotopic (exact) mass is 329 g/mol. The number of aromatic hydroxyl groups is 1. The molecule has 2 aromatic rings. The molecule has 0 aliphatic heterocycles. The Labute approximate surface area is 142 Å². The Balaban J connectivity index is 1.82. The third kappa shape index (κ3) is 5.83. The number of hydrogen-bond donors (Lipinski definition) is 2. The van der Waals surface area contributed by atoms with Gasteiger partial charge < -0.3 is 19.9 Å². The summed E-state index contributed by atoms with van der Waals surface area (Å²) in [6.45, 7) is 3.12. The van der Waals surface area contributed by atoms with Crippen molar-refractivity contribution in [2.24, 2.45) is 0 Å². The van der Waals surface area contributed by atoms with Gasteiger partial charge in [-0.25, -0.2) is 4.79 Å². The Morgan fingerprint density at radius 3 is 2.62 bits per heavy atom. The predicted molar refractivity (Wildman–Crippen MR) is 92.0 cm³/mol. The van der Waals surface area contributed by atoms with Gasteiger partial charge >= 0.3 is 6.09 Å². The maximum atomic E-state index is 11.5. The minimum absolute atomic E-state index is 0.0459. The second kappa shape index (κ2) is 9.45. The van der Waals surface area contributed by atoms with E-state index in [0.717, 1.165) is 24.0 Å². The summed E-state index contributed by atoms with van der Waals surface area (Å²) in [7, 11) is 0. The standard InChI is InChI=1S/C19H23NO4/c1-2-3-11-23-19(22)20-13-16-9-10-18(17(21)12-16)24-14-15-7-5-4-6-8-15/h4-10,12,21H,2-3,11,13-14H2,1H3,(H,20,22). The summed E-state index contributed by atoms with van der Waals surface area (Å²) in [6, 6.07) is 14.8. The van der Waals surface area contributed by atoms with Crippen LogP contribution in [0.15, 0.2) is 48.5 Å². The molecule has 0 spiro atoms. The van der Waals surface area contributed by atoms with E-state index in [4.69, 9.17) is 9.47 Å². The summed E-state index contributed by atoms with van der Waals surface area (Å²) in [5.41, 5.74) is 1.80. The van der Waals surface area contributed by atoms with E-state index in [0.29, 0.717) is 19.0 Å². The average molecular weight is 329 g/mol. The van der Waals surface area contributed by atoms with E-state index in [1.165, 1.54) is 0 Å². The molecular formula is C19H23NO4. The minimum Gasteiger partial charge on any atom is -0.504 e. The van der Waals surface area contributed by atoms with Gasteiger partial charge in [-0.3, -0.25) is 0 Å². The first-order valence-electron chi connectivity index (χ1n) is 8.08. The summed E-state index contributed by atoms with van der Waals surface area (Å²) in [5, 5.41) is 12.7. The zero-order chi connectivity index (χ0) is 17.2. The van der Waals surface area contributed by atoms with Crippen molar-refractivity contribution in [3.63, 3.8) is 0 Å². The van der Waals surface area contributed by atoms with E-state index in [9.17, 15) is 9.90 Å². The van der Waals surface area contributed by atoms with Crippen molar-refractivity contribution in [3.05, 3.63) is 59.7 Å². The van der Waals surface area contributed by atoms with Crippen LogP contribution in [0.4, 0.5) is 4.79 Å². The molecule has 0 saturated carbocycles. The number of phenolic OH excluding ortho intramolecular Hbond substituents is 1. The number of ether oxygens (including phenoxy) is 2. The van der Waals surface area contributed by atoms with Gasteiger partial charge in [-0.2, -0.15) is 0 Å². The van der Waals surface area contributed by atoms with Crippen molar-refractivity contribution in [1.29, 1.82) is 0 Å². The number of carbonyl (C=O) groups is 1. The molecule has 0 fully saturated rings. The van der Waals surface area contributed by atoms with Gasteiger partial charge in [-0.15, -0.1) is 0 Å². The molecule has 0 atom stereocenters. The zero-order valence-corrected chi connectivity index (χ0v) is 13.8. The Bertz CT molecular complexity index is 643. The highest BCUT2D eigenvalue weighted by Crippen LogP contribution is 2.27. The highest BCUT2D eigenvalue weighted by molar-refractivity contribution is 5.67. The SMILES string of the molecule is CCCCOC(=O)NCc1ccc(OCc2ccccc2)c(O)c1. The summed E-state index contributed by atoms with van der Waals surface area (Å²) in [6.07, 6.45) is 1.38. The summed E-state index contributed by atoms with van der Waals surface area (Å²) in [5.74, 6) is 0.456. The van der Waals surface area contributed by atoms with Gasteiger partial charge in [0.2, 0.25) is 0 Å². The van der Waals surface area contributed by atoms with E-state index in [1.54, 1.807) is 18.2 Å². The van der Waals surface area contributed by atoms with Crippen LogP contribution in [0.2, 0.25) is 0 Å². The van der Waals surface area contributed by atoms with Gasteiger partial charge in [0.15, 0.2) is 11.5 Å². The van der Waals surface area contributed by atoms with Gasteiger partial charge in [0.1, 0.15) is 6.61 Å². The Morgan fingerprint density at radius 2 is 1.92 bits per heavy atom. The van der Waals surface area contributed by atoms with Crippen LogP contribution >= 0.6 is 0 Å². The second-order valence-corrected chi connectivity index (χ2v) is 5.42. The fourth-order valence-corrected chi connectivity index (χ4v) is 2.06. The third-order valence-corrected chi connectivity index (χ3v) is 3.43. The summed E-state index contributed by atoms with van der Waals surface area (Å²) >= 11 is 0. The van der Waals surface area contributed by atoms with Gasteiger partial charge in [-0.05, 0) is 29.7 Å². The van der Waals surface area contributed by atoms with E-state index in [1.807, 2.05) is 37.3 Å². The van der Waals surface area contributed by atoms with Gasteiger partial charge in [0, 0.05) is 6.54 Å². The summed E-state index contributed by atoms with van der Waals surface area (Å²) in [4.78, 5) is 11.5. The molecule has 2 rings (SSSR count). The zero-order valence-electron chi connectivity index (χ0n) is 13.8. The van der Waals surface area contributed by atoms with Crippen LogP contribution in [0.25, 0.3) is 0 Å². The van der Waals surface area contributed by atoms with Gasteiger partial charge in [-0.1, -0.05) is 49.7 Å². The van der Waals surface area contributed by atoms with E-state index in [-0.39, 0.29) is 12.3 Å². The number of nitrogens with one attached hydrogen (secondary N) is 1. The van der Waals surface area contributed by atoms with Crippen LogP contribution in [-0.2, 0) is 17.9 Å². The van der Waals surface area contributed by atoms with Crippen molar-refractivity contribution in [3.8, 4) is 11.5 Å². The molecule has 0 aromatic heterocycles. The number of phenols is 1. The van der Waals surface area contributed by atoms with Crippen LogP contribution in [0, 0.1) is 0 Å². The molecule has 0 heterocycles. The lowest BCUT2D eigenvalue weighted by Crippen LogP contribution is -2.24. The first-order chi connectivity index (χ1) is 11.7. The van der Waals surface area contributed by atoms with Crippen LogP contribution < -0.4 is 10.1 Å². The lowest BCUT2D eigenvalue weighted by atomic mass is 10.2. The van der Waals surface area contributed by atoms with Crippen molar-refractivity contribution >= 4 is 6.09 Å². The Hall–Kier alpha value is -2.69. The normalized spacial score (nSPS) is 10.2. The average Bonchev–Trinajstić information content (AvgIpc) is 2.60. The number of alkyl carbamates (subject to hydrolysis) is 1. The maximum absolute atomic E-state index is 11.5. The number of unbranched alkanes of at least 4 members (excludes halogenated alkanes) is 1. The predicted octanol–water partition coefficient (Wildman–Crippen LogP) is 4.00. The highest BCUT2D eigenvalue weighted by atomic mass is 16.5. The quantitative estimate of drug-likeness (QED) is 0.718.